The second-order valence-corrected chi connectivity index (χ2v) is 6.66. The lowest BCUT2D eigenvalue weighted by Gasteiger charge is -2.30. The number of hydrogen-bond donors (Lipinski definition) is 1. The van der Waals surface area contributed by atoms with Gasteiger partial charge in [0.25, 0.3) is 0 Å². The molecule has 0 aromatic rings. The average Bonchev–Trinajstić information content (AvgIpc) is 2.59. The summed E-state index contributed by atoms with van der Waals surface area (Å²) in [7, 11) is 3.27. The van der Waals surface area contributed by atoms with Crippen molar-refractivity contribution in [2.24, 2.45) is 11.3 Å². The topological polar surface area (TPSA) is 41.6 Å². The molecule has 0 amide bonds. The first-order valence-corrected chi connectivity index (χ1v) is 7.36. The molecule has 4 heteroatoms. The van der Waals surface area contributed by atoms with Gasteiger partial charge in [-0.15, -0.1) is 0 Å². The van der Waals surface area contributed by atoms with Crippen molar-refractivity contribution in [2.75, 3.05) is 33.8 Å². The third-order valence-electron chi connectivity index (χ3n) is 4.32. The van der Waals surface area contributed by atoms with Gasteiger partial charge in [-0.2, -0.15) is 0 Å². The zero-order chi connectivity index (χ0) is 14.5. The Morgan fingerprint density at radius 2 is 2.05 bits per heavy atom. The van der Waals surface area contributed by atoms with Crippen molar-refractivity contribution in [3.8, 4) is 0 Å². The van der Waals surface area contributed by atoms with E-state index in [9.17, 15) is 4.79 Å². The maximum Gasteiger partial charge on any atom is 0.324 e. The molecule has 1 N–H and O–H groups in total. The first-order chi connectivity index (χ1) is 8.88. The molecule has 1 rings (SSSR count). The number of likely N-dealkylation sites (N-methyl/N-ethyl adjacent to an activating group) is 1. The minimum atomic E-state index is -0.212. The van der Waals surface area contributed by atoms with Crippen LogP contribution in [0.1, 0.15) is 40.0 Å². The molecule has 0 bridgehead atoms. The molecule has 1 aliphatic heterocycles. The Kier molecular flexibility index (Phi) is 6.27. The SMILES string of the molecule is CNC(CN1CCCC(C(C)(C)C)CC1)C(=O)OC. The van der Waals surface area contributed by atoms with Gasteiger partial charge < -0.3 is 15.0 Å². The Morgan fingerprint density at radius 1 is 1.37 bits per heavy atom. The average molecular weight is 270 g/mol. The number of esters is 1. The highest BCUT2D eigenvalue weighted by Gasteiger charge is 2.28. The quantitative estimate of drug-likeness (QED) is 0.792. The van der Waals surface area contributed by atoms with Crippen molar-refractivity contribution < 1.29 is 9.53 Å². The Hall–Kier alpha value is -0.610. The molecular weight excluding hydrogens is 240 g/mol. The predicted octanol–water partition coefficient (Wildman–Crippen LogP) is 1.90. The molecule has 1 saturated heterocycles. The van der Waals surface area contributed by atoms with Crippen LogP contribution in [-0.2, 0) is 9.53 Å². The number of methoxy groups -OCH3 is 1. The predicted molar refractivity (Wildman–Crippen MR) is 78.1 cm³/mol. The molecule has 1 aliphatic rings. The molecule has 19 heavy (non-hydrogen) atoms. The van der Waals surface area contributed by atoms with Gasteiger partial charge in [0.15, 0.2) is 0 Å². The highest BCUT2D eigenvalue weighted by atomic mass is 16.5. The fourth-order valence-electron chi connectivity index (χ4n) is 2.89. The molecule has 0 aromatic carbocycles. The zero-order valence-corrected chi connectivity index (χ0v) is 13.2. The first kappa shape index (κ1) is 16.4. The van der Waals surface area contributed by atoms with Crippen molar-refractivity contribution in [3.63, 3.8) is 0 Å². The largest absolute Gasteiger partial charge is 0.468 e. The molecule has 4 nitrogen and oxygen atoms in total. The number of hydrogen-bond acceptors (Lipinski definition) is 4. The molecule has 0 aliphatic carbocycles. The summed E-state index contributed by atoms with van der Waals surface area (Å²) in [6.45, 7) is 9.91. The van der Waals surface area contributed by atoms with Gasteiger partial charge in [0.2, 0.25) is 0 Å². The third-order valence-corrected chi connectivity index (χ3v) is 4.32. The summed E-state index contributed by atoms with van der Waals surface area (Å²) < 4.78 is 4.82. The van der Waals surface area contributed by atoms with E-state index in [1.165, 1.54) is 26.4 Å². The summed E-state index contributed by atoms with van der Waals surface area (Å²) in [6.07, 6.45) is 3.74. The van der Waals surface area contributed by atoms with Crippen LogP contribution >= 0.6 is 0 Å². The van der Waals surface area contributed by atoms with Crippen LogP contribution in [0, 0.1) is 11.3 Å². The number of carbonyl (C=O) groups is 1. The van der Waals surface area contributed by atoms with E-state index in [0.29, 0.717) is 5.41 Å². The standard InChI is InChI=1S/C15H30N2O2/c1-15(2,3)12-7-6-9-17(10-8-12)11-13(16-4)14(18)19-5/h12-13,16H,6-11H2,1-5H3. The van der Waals surface area contributed by atoms with Gasteiger partial charge in [0, 0.05) is 6.54 Å². The fraction of sp³-hybridized carbons (Fsp3) is 0.933. The molecule has 2 unspecified atom stereocenters. The van der Waals surface area contributed by atoms with Crippen LogP contribution in [0.4, 0.5) is 0 Å². The normalized spacial score (nSPS) is 23.7. The van der Waals surface area contributed by atoms with E-state index in [0.717, 1.165) is 25.6 Å². The van der Waals surface area contributed by atoms with Crippen LogP contribution in [0.2, 0.25) is 0 Å². The van der Waals surface area contributed by atoms with Crippen molar-refractivity contribution in [2.45, 2.75) is 46.1 Å². The number of likely N-dealkylation sites (tertiary alicyclic amines) is 1. The maximum atomic E-state index is 11.6. The lowest BCUT2D eigenvalue weighted by Crippen LogP contribution is -2.45. The van der Waals surface area contributed by atoms with E-state index >= 15 is 0 Å². The zero-order valence-electron chi connectivity index (χ0n) is 13.2. The number of nitrogens with zero attached hydrogens (tertiary/aromatic N) is 1. The molecule has 0 radical (unpaired) electrons. The van der Waals surface area contributed by atoms with Gasteiger partial charge in [0.1, 0.15) is 6.04 Å². The molecule has 0 aromatic heterocycles. The molecular formula is C15H30N2O2. The Bertz CT molecular complexity index is 286. The maximum absolute atomic E-state index is 11.6. The second-order valence-electron chi connectivity index (χ2n) is 6.66. The van der Waals surface area contributed by atoms with Crippen molar-refractivity contribution in [1.29, 1.82) is 0 Å². The molecule has 112 valence electrons. The molecule has 1 heterocycles. The van der Waals surface area contributed by atoms with Crippen LogP contribution in [0.3, 0.4) is 0 Å². The van der Waals surface area contributed by atoms with Gasteiger partial charge >= 0.3 is 5.97 Å². The Labute approximate surface area is 117 Å². The second kappa shape index (κ2) is 7.25. The van der Waals surface area contributed by atoms with Crippen LogP contribution in [0.15, 0.2) is 0 Å². The fourth-order valence-corrected chi connectivity index (χ4v) is 2.89. The minimum Gasteiger partial charge on any atom is -0.468 e. The number of nitrogens with one attached hydrogen (secondary N) is 1. The Balaban J connectivity index is 2.51. The first-order valence-electron chi connectivity index (χ1n) is 7.36. The molecule has 1 fully saturated rings. The van der Waals surface area contributed by atoms with Crippen molar-refractivity contribution in [1.82, 2.24) is 10.2 Å². The lowest BCUT2D eigenvalue weighted by molar-refractivity contribution is -0.143. The van der Waals surface area contributed by atoms with E-state index in [1.54, 1.807) is 0 Å². The van der Waals surface area contributed by atoms with E-state index < -0.39 is 0 Å². The van der Waals surface area contributed by atoms with Gasteiger partial charge in [0.05, 0.1) is 7.11 Å². The Morgan fingerprint density at radius 3 is 2.58 bits per heavy atom. The van der Waals surface area contributed by atoms with E-state index in [1.807, 2.05) is 7.05 Å². The third kappa shape index (κ3) is 5.11. The highest BCUT2D eigenvalue weighted by molar-refractivity contribution is 5.75. The number of carbonyl (C=O) groups excluding carboxylic acids is 1. The lowest BCUT2D eigenvalue weighted by atomic mass is 9.77. The van der Waals surface area contributed by atoms with Gasteiger partial charge in [-0.1, -0.05) is 20.8 Å². The van der Waals surface area contributed by atoms with Gasteiger partial charge in [-0.3, -0.25) is 4.79 Å². The molecule has 2 atom stereocenters. The van der Waals surface area contributed by atoms with E-state index in [4.69, 9.17) is 4.74 Å². The summed E-state index contributed by atoms with van der Waals surface area (Å²) >= 11 is 0. The summed E-state index contributed by atoms with van der Waals surface area (Å²) in [6, 6.07) is -0.212. The number of rotatable bonds is 4. The van der Waals surface area contributed by atoms with Crippen LogP contribution in [-0.4, -0.2) is 50.7 Å². The number of ether oxygens (including phenoxy) is 1. The van der Waals surface area contributed by atoms with E-state index in [2.05, 4.69) is 31.0 Å². The van der Waals surface area contributed by atoms with Gasteiger partial charge in [-0.25, -0.2) is 0 Å². The molecule has 0 spiro atoms. The summed E-state index contributed by atoms with van der Waals surface area (Å²) in [4.78, 5) is 14.0. The minimum absolute atomic E-state index is 0.167. The van der Waals surface area contributed by atoms with Crippen molar-refractivity contribution in [3.05, 3.63) is 0 Å². The summed E-state index contributed by atoms with van der Waals surface area (Å²) in [5, 5.41) is 3.05. The summed E-state index contributed by atoms with van der Waals surface area (Å²) in [5.41, 5.74) is 0.390. The van der Waals surface area contributed by atoms with Crippen LogP contribution in [0.25, 0.3) is 0 Å². The van der Waals surface area contributed by atoms with Crippen molar-refractivity contribution >= 4 is 5.97 Å². The molecule has 0 saturated carbocycles. The van der Waals surface area contributed by atoms with Gasteiger partial charge in [-0.05, 0) is 50.7 Å². The summed E-state index contributed by atoms with van der Waals surface area (Å²) in [5.74, 6) is 0.614. The van der Waals surface area contributed by atoms with E-state index in [-0.39, 0.29) is 12.0 Å². The highest BCUT2D eigenvalue weighted by Crippen LogP contribution is 2.34. The van der Waals surface area contributed by atoms with Crippen LogP contribution in [0.5, 0.6) is 0 Å². The van der Waals surface area contributed by atoms with Crippen LogP contribution < -0.4 is 5.32 Å². The monoisotopic (exact) mass is 270 g/mol. The smallest absolute Gasteiger partial charge is 0.324 e.